The van der Waals surface area contributed by atoms with Crippen molar-refractivity contribution in [3.8, 4) is 11.8 Å². The SMILES string of the molecule is Cc1ccc(C(=O)N2CCc3ccc(C(F)(F)F)cc32)cc1C#Cc1cnc(N)nc1. The van der Waals surface area contributed by atoms with Crippen LogP contribution in [-0.2, 0) is 12.6 Å². The van der Waals surface area contributed by atoms with Gasteiger partial charge in [-0.2, -0.15) is 13.2 Å². The zero-order valence-electron chi connectivity index (χ0n) is 16.5. The Labute approximate surface area is 176 Å². The number of carbonyl (C=O) groups excluding carboxylic acids is 1. The minimum Gasteiger partial charge on any atom is -0.368 e. The lowest BCUT2D eigenvalue weighted by molar-refractivity contribution is -0.137. The molecular formula is C23H17F3N4O. The number of nitrogens with two attached hydrogens (primary N) is 1. The van der Waals surface area contributed by atoms with Crippen LogP contribution in [0.1, 0.15) is 38.2 Å². The summed E-state index contributed by atoms with van der Waals surface area (Å²) in [4.78, 5) is 22.3. The Hall–Kier alpha value is -3.86. The molecule has 2 aromatic carbocycles. The quantitative estimate of drug-likeness (QED) is 0.602. The van der Waals surface area contributed by atoms with Crippen molar-refractivity contribution in [2.75, 3.05) is 17.2 Å². The first-order chi connectivity index (χ1) is 14.7. The van der Waals surface area contributed by atoms with Crippen LogP contribution in [0.25, 0.3) is 0 Å². The van der Waals surface area contributed by atoms with Crippen molar-refractivity contribution < 1.29 is 18.0 Å². The molecule has 5 nitrogen and oxygen atoms in total. The van der Waals surface area contributed by atoms with Crippen LogP contribution in [0.4, 0.5) is 24.8 Å². The number of amides is 1. The van der Waals surface area contributed by atoms with Crippen LogP contribution in [0.3, 0.4) is 0 Å². The molecule has 8 heteroatoms. The van der Waals surface area contributed by atoms with E-state index in [-0.39, 0.29) is 11.9 Å². The van der Waals surface area contributed by atoms with Gasteiger partial charge in [0.15, 0.2) is 0 Å². The Morgan fingerprint density at radius 2 is 1.84 bits per heavy atom. The summed E-state index contributed by atoms with van der Waals surface area (Å²) in [6.07, 6.45) is -0.961. The predicted molar refractivity (Wildman–Crippen MR) is 110 cm³/mol. The number of anilines is 2. The minimum atomic E-state index is -4.47. The van der Waals surface area contributed by atoms with E-state index in [0.717, 1.165) is 23.3 Å². The van der Waals surface area contributed by atoms with E-state index in [9.17, 15) is 18.0 Å². The topological polar surface area (TPSA) is 72.1 Å². The maximum Gasteiger partial charge on any atom is 0.416 e. The van der Waals surface area contributed by atoms with E-state index in [1.807, 2.05) is 6.92 Å². The molecule has 2 heterocycles. The molecule has 3 aromatic rings. The molecule has 0 fully saturated rings. The molecule has 0 unspecified atom stereocenters. The highest BCUT2D eigenvalue weighted by atomic mass is 19.4. The Morgan fingerprint density at radius 3 is 2.55 bits per heavy atom. The van der Waals surface area contributed by atoms with E-state index >= 15 is 0 Å². The molecule has 1 aromatic heterocycles. The van der Waals surface area contributed by atoms with Crippen molar-refractivity contribution in [2.45, 2.75) is 19.5 Å². The molecule has 1 aliphatic rings. The van der Waals surface area contributed by atoms with Gasteiger partial charge in [0.25, 0.3) is 5.91 Å². The van der Waals surface area contributed by atoms with Crippen molar-refractivity contribution in [1.29, 1.82) is 0 Å². The van der Waals surface area contributed by atoms with Gasteiger partial charge in [0.05, 0.1) is 11.1 Å². The normalized spacial score (nSPS) is 12.8. The number of aryl methyl sites for hydroxylation is 1. The molecule has 0 aliphatic carbocycles. The highest BCUT2D eigenvalue weighted by Gasteiger charge is 2.34. The largest absolute Gasteiger partial charge is 0.416 e. The third-order valence-electron chi connectivity index (χ3n) is 5.05. The number of nitrogen functional groups attached to an aromatic ring is 1. The smallest absolute Gasteiger partial charge is 0.368 e. The van der Waals surface area contributed by atoms with Crippen LogP contribution in [-0.4, -0.2) is 22.4 Å². The van der Waals surface area contributed by atoms with Gasteiger partial charge in [0.2, 0.25) is 5.95 Å². The number of hydrogen-bond acceptors (Lipinski definition) is 4. The molecular weight excluding hydrogens is 405 g/mol. The summed E-state index contributed by atoms with van der Waals surface area (Å²) in [7, 11) is 0. The number of halogens is 3. The lowest BCUT2D eigenvalue weighted by Crippen LogP contribution is -2.29. The minimum absolute atomic E-state index is 0.147. The van der Waals surface area contributed by atoms with Gasteiger partial charge in [-0.1, -0.05) is 24.0 Å². The maximum absolute atomic E-state index is 13.1. The van der Waals surface area contributed by atoms with Gasteiger partial charge in [-0.15, -0.1) is 0 Å². The second-order valence-electron chi connectivity index (χ2n) is 7.16. The second kappa shape index (κ2) is 7.76. The van der Waals surface area contributed by atoms with Gasteiger partial charge in [-0.25, -0.2) is 9.97 Å². The number of nitrogens with zero attached hydrogens (tertiary/aromatic N) is 3. The van der Waals surface area contributed by atoms with E-state index in [1.54, 1.807) is 18.2 Å². The van der Waals surface area contributed by atoms with E-state index in [0.29, 0.717) is 35.3 Å². The van der Waals surface area contributed by atoms with Gasteiger partial charge >= 0.3 is 6.18 Å². The van der Waals surface area contributed by atoms with Gasteiger partial charge < -0.3 is 10.6 Å². The van der Waals surface area contributed by atoms with E-state index in [2.05, 4.69) is 21.8 Å². The number of alkyl halides is 3. The molecule has 0 saturated carbocycles. The molecule has 31 heavy (non-hydrogen) atoms. The van der Waals surface area contributed by atoms with E-state index in [4.69, 9.17) is 5.73 Å². The molecule has 1 amide bonds. The van der Waals surface area contributed by atoms with Crippen LogP contribution < -0.4 is 10.6 Å². The molecule has 0 spiro atoms. The van der Waals surface area contributed by atoms with E-state index < -0.39 is 11.7 Å². The fourth-order valence-electron chi connectivity index (χ4n) is 3.35. The van der Waals surface area contributed by atoms with Crippen LogP contribution >= 0.6 is 0 Å². The fraction of sp³-hybridized carbons (Fsp3) is 0.174. The first-order valence-corrected chi connectivity index (χ1v) is 9.44. The third kappa shape index (κ3) is 4.21. The zero-order valence-corrected chi connectivity index (χ0v) is 16.5. The fourth-order valence-corrected chi connectivity index (χ4v) is 3.35. The Bertz CT molecular complexity index is 1220. The number of fused-ring (bicyclic) bond motifs is 1. The summed E-state index contributed by atoms with van der Waals surface area (Å²) in [5.41, 5.74) is 8.13. The average Bonchev–Trinajstić information content (AvgIpc) is 3.16. The Balaban J connectivity index is 1.64. The maximum atomic E-state index is 13.1. The second-order valence-corrected chi connectivity index (χ2v) is 7.16. The van der Waals surface area contributed by atoms with Gasteiger partial charge in [-0.3, -0.25) is 4.79 Å². The number of rotatable bonds is 1. The standard InChI is InChI=1S/C23H17F3N4O/c1-14-2-4-18(10-17(14)5-3-15-12-28-22(27)29-13-15)21(31)30-9-8-16-6-7-19(11-20(16)30)23(24,25)26/h2,4,6-7,10-13H,8-9H2,1H3,(H2,27,28,29). The van der Waals surface area contributed by atoms with Crippen LogP contribution in [0.5, 0.6) is 0 Å². The summed E-state index contributed by atoms with van der Waals surface area (Å²) in [5.74, 6) is 5.70. The molecule has 1 aliphatic heterocycles. The monoisotopic (exact) mass is 422 g/mol. The lowest BCUT2D eigenvalue weighted by Gasteiger charge is -2.19. The van der Waals surface area contributed by atoms with Crippen molar-refractivity contribution in [3.63, 3.8) is 0 Å². The molecule has 0 atom stereocenters. The van der Waals surface area contributed by atoms with Crippen molar-refractivity contribution in [3.05, 3.63) is 82.2 Å². The Kier molecular flexibility index (Phi) is 5.11. The summed E-state index contributed by atoms with van der Waals surface area (Å²) in [6.45, 7) is 2.19. The summed E-state index contributed by atoms with van der Waals surface area (Å²) in [5, 5.41) is 0. The van der Waals surface area contributed by atoms with Gasteiger partial charge in [-0.05, 0) is 48.7 Å². The molecule has 0 radical (unpaired) electrons. The van der Waals surface area contributed by atoms with Crippen molar-refractivity contribution in [1.82, 2.24) is 9.97 Å². The van der Waals surface area contributed by atoms with Crippen molar-refractivity contribution in [2.24, 2.45) is 0 Å². The molecule has 2 N–H and O–H groups in total. The summed E-state index contributed by atoms with van der Waals surface area (Å²) < 4.78 is 39.4. The molecule has 4 rings (SSSR count). The predicted octanol–water partition coefficient (Wildman–Crippen LogP) is 3.99. The molecule has 156 valence electrons. The average molecular weight is 422 g/mol. The summed E-state index contributed by atoms with van der Waals surface area (Å²) in [6, 6.07) is 8.59. The van der Waals surface area contributed by atoms with Gasteiger partial charge in [0, 0.05) is 35.8 Å². The molecule has 0 bridgehead atoms. The summed E-state index contributed by atoms with van der Waals surface area (Å²) >= 11 is 0. The zero-order chi connectivity index (χ0) is 22.2. The highest BCUT2D eigenvalue weighted by Crippen LogP contribution is 2.36. The third-order valence-corrected chi connectivity index (χ3v) is 5.05. The van der Waals surface area contributed by atoms with Gasteiger partial charge in [0.1, 0.15) is 0 Å². The van der Waals surface area contributed by atoms with Crippen LogP contribution in [0, 0.1) is 18.8 Å². The van der Waals surface area contributed by atoms with Crippen molar-refractivity contribution >= 4 is 17.5 Å². The van der Waals surface area contributed by atoms with Crippen LogP contribution in [0.2, 0.25) is 0 Å². The first-order valence-electron chi connectivity index (χ1n) is 9.44. The first kappa shape index (κ1) is 20.4. The molecule has 0 saturated heterocycles. The number of aromatic nitrogens is 2. The number of benzene rings is 2. The highest BCUT2D eigenvalue weighted by molar-refractivity contribution is 6.07. The number of hydrogen-bond donors (Lipinski definition) is 1. The lowest BCUT2D eigenvalue weighted by atomic mass is 10.0. The van der Waals surface area contributed by atoms with E-state index in [1.165, 1.54) is 23.4 Å². The van der Waals surface area contributed by atoms with Crippen LogP contribution in [0.15, 0.2) is 48.8 Å². The number of carbonyl (C=O) groups is 1. The Morgan fingerprint density at radius 1 is 1.10 bits per heavy atom.